The summed E-state index contributed by atoms with van der Waals surface area (Å²) in [5, 5.41) is 0. The van der Waals surface area contributed by atoms with Crippen molar-refractivity contribution in [3.05, 3.63) is 107 Å². The molecule has 0 fully saturated rings. The molecule has 122 valence electrons. The van der Waals surface area contributed by atoms with E-state index in [2.05, 4.69) is 37.3 Å². The van der Waals surface area contributed by atoms with Gasteiger partial charge in [-0.3, -0.25) is 4.79 Å². The van der Waals surface area contributed by atoms with Crippen LogP contribution in [-0.4, -0.2) is 10.8 Å². The fourth-order valence-electron chi connectivity index (χ4n) is 3.38. The molecule has 0 bridgehead atoms. The number of fused-ring (bicyclic) bond motifs is 1. The van der Waals surface area contributed by atoms with E-state index < -0.39 is 0 Å². The molecule has 0 aliphatic carbocycles. The summed E-state index contributed by atoms with van der Waals surface area (Å²) in [5.41, 5.74) is 4.95. The largest absolute Gasteiger partial charge is 0.300 e. The van der Waals surface area contributed by atoms with Crippen LogP contribution in [0.3, 0.4) is 0 Å². The Balaban J connectivity index is 1.85. The van der Waals surface area contributed by atoms with Crippen LogP contribution in [-0.2, 0) is 0 Å². The van der Waals surface area contributed by atoms with Crippen LogP contribution >= 0.6 is 0 Å². The summed E-state index contributed by atoms with van der Waals surface area (Å²) in [6.45, 7) is 2.08. The molecule has 3 aromatic rings. The summed E-state index contributed by atoms with van der Waals surface area (Å²) in [5.74, 6) is 0.0640. The van der Waals surface area contributed by atoms with Gasteiger partial charge in [-0.25, -0.2) is 0 Å². The van der Waals surface area contributed by atoms with Crippen LogP contribution in [0.4, 0.5) is 0 Å². The first-order valence-electron chi connectivity index (χ1n) is 8.50. The van der Waals surface area contributed by atoms with Gasteiger partial charge in [0.05, 0.1) is 11.7 Å². The van der Waals surface area contributed by atoms with E-state index in [0.717, 1.165) is 28.0 Å². The topological polar surface area (TPSA) is 20.3 Å². The standard InChI is InChI=1S/C23H19NO/c1-17(19-12-6-3-7-13-19)24-22(16-18-10-4-2-5-11-18)20-14-8-9-15-21(20)23(24)25/h2-17H,1H3/b22-16+/t17-/m0/s1. The first-order chi connectivity index (χ1) is 12.3. The van der Waals surface area contributed by atoms with Crippen molar-refractivity contribution in [3.8, 4) is 0 Å². The summed E-state index contributed by atoms with van der Waals surface area (Å²) in [6, 6.07) is 28.1. The highest BCUT2D eigenvalue weighted by atomic mass is 16.2. The van der Waals surface area contributed by atoms with Crippen molar-refractivity contribution >= 4 is 17.7 Å². The average molecular weight is 325 g/mol. The fourth-order valence-corrected chi connectivity index (χ4v) is 3.38. The van der Waals surface area contributed by atoms with E-state index in [4.69, 9.17) is 0 Å². The summed E-state index contributed by atoms with van der Waals surface area (Å²) in [4.78, 5) is 15.0. The first-order valence-corrected chi connectivity index (χ1v) is 8.50. The molecular formula is C23H19NO. The predicted molar refractivity (Wildman–Crippen MR) is 102 cm³/mol. The molecule has 0 radical (unpaired) electrons. The molecule has 25 heavy (non-hydrogen) atoms. The van der Waals surface area contributed by atoms with Gasteiger partial charge in [0, 0.05) is 11.1 Å². The Labute approximate surface area is 148 Å². The smallest absolute Gasteiger partial charge is 0.259 e. The monoisotopic (exact) mass is 325 g/mol. The molecule has 1 aliphatic rings. The van der Waals surface area contributed by atoms with Crippen LogP contribution in [0.15, 0.2) is 84.9 Å². The van der Waals surface area contributed by atoms with Crippen LogP contribution in [0.1, 0.15) is 40.0 Å². The number of carbonyl (C=O) groups is 1. The van der Waals surface area contributed by atoms with Crippen LogP contribution in [0.5, 0.6) is 0 Å². The quantitative estimate of drug-likeness (QED) is 0.631. The molecule has 1 aliphatic heterocycles. The van der Waals surface area contributed by atoms with Gasteiger partial charge in [-0.05, 0) is 30.2 Å². The Bertz CT molecular complexity index is 929. The van der Waals surface area contributed by atoms with Crippen molar-refractivity contribution < 1.29 is 4.79 Å². The second-order valence-electron chi connectivity index (χ2n) is 6.25. The summed E-state index contributed by atoms with van der Waals surface area (Å²) in [7, 11) is 0. The molecule has 3 aromatic carbocycles. The zero-order valence-electron chi connectivity index (χ0n) is 14.1. The minimum Gasteiger partial charge on any atom is -0.300 e. The lowest BCUT2D eigenvalue weighted by Crippen LogP contribution is -2.26. The van der Waals surface area contributed by atoms with E-state index in [1.807, 2.05) is 65.6 Å². The number of carbonyl (C=O) groups excluding carboxylic acids is 1. The second-order valence-corrected chi connectivity index (χ2v) is 6.25. The lowest BCUT2D eigenvalue weighted by molar-refractivity contribution is 0.0812. The van der Waals surface area contributed by atoms with Gasteiger partial charge < -0.3 is 4.90 Å². The lowest BCUT2D eigenvalue weighted by atomic mass is 10.0. The third-order valence-electron chi connectivity index (χ3n) is 4.68. The molecule has 0 saturated heterocycles. The molecule has 0 N–H and O–H groups in total. The highest BCUT2D eigenvalue weighted by molar-refractivity contribution is 6.12. The summed E-state index contributed by atoms with van der Waals surface area (Å²) < 4.78 is 0. The Morgan fingerprint density at radius 1 is 0.760 bits per heavy atom. The van der Waals surface area contributed by atoms with Gasteiger partial charge in [0.1, 0.15) is 0 Å². The van der Waals surface area contributed by atoms with E-state index in [1.165, 1.54) is 0 Å². The number of amides is 1. The number of nitrogens with zero attached hydrogens (tertiary/aromatic N) is 1. The predicted octanol–water partition coefficient (Wildman–Crippen LogP) is 5.40. The van der Waals surface area contributed by atoms with E-state index in [9.17, 15) is 4.79 Å². The number of rotatable bonds is 3. The van der Waals surface area contributed by atoms with Crippen LogP contribution < -0.4 is 0 Å². The normalized spacial score (nSPS) is 16.1. The van der Waals surface area contributed by atoms with Crippen molar-refractivity contribution in [2.24, 2.45) is 0 Å². The molecule has 1 atom stereocenters. The van der Waals surface area contributed by atoms with Gasteiger partial charge >= 0.3 is 0 Å². The fraction of sp³-hybridized carbons (Fsp3) is 0.0870. The van der Waals surface area contributed by atoms with Crippen LogP contribution in [0, 0.1) is 0 Å². The molecule has 0 unspecified atom stereocenters. The SMILES string of the molecule is C[C@@H](c1ccccc1)N1C(=O)c2ccccc2/C1=C\c1ccccc1. The number of hydrogen-bond acceptors (Lipinski definition) is 1. The van der Waals surface area contributed by atoms with Gasteiger partial charge in [0.2, 0.25) is 0 Å². The molecule has 0 aromatic heterocycles. The third-order valence-corrected chi connectivity index (χ3v) is 4.68. The molecular weight excluding hydrogens is 306 g/mol. The van der Waals surface area contributed by atoms with Crippen LogP contribution in [0.2, 0.25) is 0 Å². The Morgan fingerprint density at radius 3 is 2.00 bits per heavy atom. The van der Waals surface area contributed by atoms with Gasteiger partial charge in [-0.1, -0.05) is 78.9 Å². The molecule has 4 rings (SSSR count). The van der Waals surface area contributed by atoms with Crippen molar-refractivity contribution in [2.75, 3.05) is 0 Å². The van der Waals surface area contributed by atoms with Gasteiger partial charge in [0.15, 0.2) is 0 Å². The maximum absolute atomic E-state index is 13.1. The summed E-state index contributed by atoms with van der Waals surface area (Å²) >= 11 is 0. The van der Waals surface area contributed by atoms with Crippen molar-refractivity contribution in [3.63, 3.8) is 0 Å². The molecule has 2 nitrogen and oxygen atoms in total. The minimum atomic E-state index is -0.0314. The van der Waals surface area contributed by atoms with Crippen molar-refractivity contribution in [1.29, 1.82) is 0 Å². The number of hydrogen-bond donors (Lipinski definition) is 0. The van der Waals surface area contributed by atoms with E-state index >= 15 is 0 Å². The molecule has 2 heteroatoms. The first kappa shape index (κ1) is 15.4. The minimum absolute atomic E-state index is 0.0314. The van der Waals surface area contributed by atoms with Crippen molar-refractivity contribution in [1.82, 2.24) is 4.90 Å². The van der Waals surface area contributed by atoms with E-state index in [-0.39, 0.29) is 11.9 Å². The summed E-state index contributed by atoms with van der Waals surface area (Å²) in [6.07, 6.45) is 2.10. The molecule has 1 heterocycles. The highest BCUT2D eigenvalue weighted by Crippen LogP contribution is 2.39. The maximum Gasteiger partial charge on any atom is 0.259 e. The molecule has 0 saturated carbocycles. The zero-order valence-corrected chi connectivity index (χ0v) is 14.1. The van der Waals surface area contributed by atoms with Gasteiger partial charge in [0.25, 0.3) is 5.91 Å². The Morgan fingerprint density at radius 2 is 1.32 bits per heavy atom. The average Bonchev–Trinajstić information content (AvgIpc) is 2.95. The lowest BCUT2D eigenvalue weighted by Gasteiger charge is -2.26. The highest BCUT2D eigenvalue weighted by Gasteiger charge is 2.35. The van der Waals surface area contributed by atoms with Gasteiger partial charge in [-0.15, -0.1) is 0 Å². The van der Waals surface area contributed by atoms with E-state index in [0.29, 0.717) is 0 Å². The Kier molecular flexibility index (Phi) is 3.95. The van der Waals surface area contributed by atoms with Crippen molar-refractivity contribution in [2.45, 2.75) is 13.0 Å². The molecule has 1 amide bonds. The second kappa shape index (κ2) is 6.40. The molecule has 0 spiro atoms. The Hall–Kier alpha value is -3.13. The maximum atomic E-state index is 13.1. The van der Waals surface area contributed by atoms with Gasteiger partial charge in [-0.2, -0.15) is 0 Å². The van der Waals surface area contributed by atoms with E-state index in [1.54, 1.807) is 0 Å². The zero-order chi connectivity index (χ0) is 17.2. The third kappa shape index (κ3) is 2.76. The number of benzene rings is 3. The van der Waals surface area contributed by atoms with Crippen LogP contribution in [0.25, 0.3) is 11.8 Å².